The lowest BCUT2D eigenvalue weighted by Crippen LogP contribution is -2.29. The summed E-state index contributed by atoms with van der Waals surface area (Å²) in [6.45, 7) is 3.94. The third kappa shape index (κ3) is 3.42. The fourth-order valence-electron chi connectivity index (χ4n) is 1.93. The standard InChI is InChI=1S/C13H19NOS/c1-2-16-13-7-3-5-11(9-13)14-12-6-4-8-15-10-12/h3,5,7,9,12,14H,2,4,6,8,10H2,1H3. The van der Waals surface area contributed by atoms with Crippen LogP contribution in [-0.4, -0.2) is 25.0 Å². The first kappa shape index (κ1) is 11.8. The molecule has 1 aromatic carbocycles. The first-order valence-corrected chi connectivity index (χ1v) is 6.94. The average Bonchev–Trinajstić information content (AvgIpc) is 2.31. The van der Waals surface area contributed by atoms with Crippen LogP contribution in [0.25, 0.3) is 0 Å². The number of rotatable bonds is 4. The number of anilines is 1. The molecule has 0 saturated carbocycles. The minimum absolute atomic E-state index is 0.482. The van der Waals surface area contributed by atoms with Crippen molar-refractivity contribution in [1.82, 2.24) is 0 Å². The molecule has 0 amide bonds. The molecule has 1 heterocycles. The van der Waals surface area contributed by atoms with E-state index in [0.717, 1.165) is 19.0 Å². The van der Waals surface area contributed by atoms with Gasteiger partial charge >= 0.3 is 0 Å². The third-order valence-corrected chi connectivity index (χ3v) is 3.55. The summed E-state index contributed by atoms with van der Waals surface area (Å²) in [5, 5.41) is 3.54. The largest absolute Gasteiger partial charge is 0.380 e. The molecule has 1 saturated heterocycles. The first-order chi connectivity index (χ1) is 7.88. The molecule has 3 heteroatoms. The Balaban J connectivity index is 1.94. The maximum atomic E-state index is 5.46. The zero-order valence-corrected chi connectivity index (χ0v) is 10.6. The molecule has 1 atom stereocenters. The summed E-state index contributed by atoms with van der Waals surface area (Å²) in [5.74, 6) is 1.12. The maximum Gasteiger partial charge on any atom is 0.0667 e. The van der Waals surface area contributed by atoms with E-state index in [1.165, 1.54) is 23.4 Å². The molecule has 2 rings (SSSR count). The molecule has 88 valence electrons. The molecule has 1 aliphatic rings. The van der Waals surface area contributed by atoms with Crippen molar-refractivity contribution in [2.45, 2.75) is 30.7 Å². The summed E-state index contributed by atoms with van der Waals surface area (Å²) in [6, 6.07) is 9.12. The SMILES string of the molecule is CCSc1cccc(NC2CCCOC2)c1. The molecule has 1 aliphatic heterocycles. The summed E-state index contributed by atoms with van der Waals surface area (Å²) in [7, 11) is 0. The van der Waals surface area contributed by atoms with Crippen LogP contribution in [0.2, 0.25) is 0 Å². The Morgan fingerprint density at radius 2 is 2.44 bits per heavy atom. The number of hydrogen-bond donors (Lipinski definition) is 1. The van der Waals surface area contributed by atoms with Crippen LogP contribution in [0.4, 0.5) is 5.69 Å². The predicted octanol–water partition coefficient (Wildman–Crippen LogP) is 3.39. The molecule has 0 bridgehead atoms. The fraction of sp³-hybridized carbons (Fsp3) is 0.538. The summed E-state index contributed by atoms with van der Waals surface area (Å²) in [4.78, 5) is 1.34. The first-order valence-electron chi connectivity index (χ1n) is 5.95. The van der Waals surface area contributed by atoms with Gasteiger partial charge in [0.25, 0.3) is 0 Å². The summed E-state index contributed by atoms with van der Waals surface area (Å²) >= 11 is 1.88. The van der Waals surface area contributed by atoms with E-state index in [0.29, 0.717) is 6.04 Å². The van der Waals surface area contributed by atoms with Gasteiger partial charge in [0.2, 0.25) is 0 Å². The van der Waals surface area contributed by atoms with Crippen LogP contribution in [0.1, 0.15) is 19.8 Å². The fourth-order valence-corrected chi connectivity index (χ4v) is 2.65. The lowest BCUT2D eigenvalue weighted by atomic mass is 10.1. The Labute approximate surface area is 102 Å². The smallest absolute Gasteiger partial charge is 0.0667 e. The molecular weight excluding hydrogens is 218 g/mol. The highest BCUT2D eigenvalue weighted by Gasteiger charge is 2.13. The zero-order chi connectivity index (χ0) is 11.2. The van der Waals surface area contributed by atoms with E-state index in [2.05, 4.69) is 36.5 Å². The van der Waals surface area contributed by atoms with Crippen LogP contribution >= 0.6 is 11.8 Å². The van der Waals surface area contributed by atoms with Gasteiger partial charge in [-0.3, -0.25) is 0 Å². The van der Waals surface area contributed by atoms with Gasteiger partial charge < -0.3 is 10.1 Å². The average molecular weight is 237 g/mol. The monoisotopic (exact) mass is 237 g/mol. The predicted molar refractivity (Wildman–Crippen MR) is 70.3 cm³/mol. The van der Waals surface area contributed by atoms with Crippen LogP contribution < -0.4 is 5.32 Å². The van der Waals surface area contributed by atoms with Gasteiger partial charge in [-0.15, -0.1) is 11.8 Å². The summed E-state index contributed by atoms with van der Waals surface area (Å²) < 4.78 is 5.46. The van der Waals surface area contributed by atoms with Crippen LogP contribution in [0, 0.1) is 0 Å². The molecule has 1 N–H and O–H groups in total. The van der Waals surface area contributed by atoms with Crippen LogP contribution in [0.5, 0.6) is 0 Å². The van der Waals surface area contributed by atoms with Crippen molar-refractivity contribution in [2.75, 3.05) is 24.3 Å². The maximum absolute atomic E-state index is 5.46. The number of nitrogens with one attached hydrogen (secondary N) is 1. The third-order valence-electron chi connectivity index (χ3n) is 2.68. The van der Waals surface area contributed by atoms with Crippen molar-refractivity contribution in [2.24, 2.45) is 0 Å². The lowest BCUT2D eigenvalue weighted by molar-refractivity contribution is 0.0876. The lowest BCUT2D eigenvalue weighted by Gasteiger charge is -2.24. The minimum Gasteiger partial charge on any atom is -0.380 e. The molecule has 0 spiro atoms. The van der Waals surface area contributed by atoms with Gasteiger partial charge in [-0.1, -0.05) is 13.0 Å². The van der Waals surface area contributed by atoms with Crippen molar-refractivity contribution >= 4 is 17.4 Å². The molecular formula is C13H19NOS. The van der Waals surface area contributed by atoms with Gasteiger partial charge in [0.1, 0.15) is 0 Å². The van der Waals surface area contributed by atoms with Crippen molar-refractivity contribution in [1.29, 1.82) is 0 Å². The second-order valence-electron chi connectivity index (χ2n) is 4.02. The van der Waals surface area contributed by atoms with Crippen LogP contribution in [0.15, 0.2) is 29.2 Å². The van der Waals surface area contributed by atoms with Gasteiger partial charge in [-0.05, 0) is 36.8 Å². The number of benzene rings is 1. The Kier molecular flexibility index (Phi) is 4.55. The van der Waals surface area contributed by atoms with Crippen LogP contribution in [0.3, 0.4) is 0 Å². The highest BCUT2D eigenvalue weighted by molar-refractivity contribution is 7.99. The summed E-state index contributed by atoms with van der Waals surface area (Å²) in [5.41, 5.74) is 1.22. The Bertz CT molecular complexity index is 323. The Hall–Kier alpha value is -0.670. The second-order valence-corrected chi connectivity index (χ2v) is 5.36. The van der Waals surface area contributed by atoms with E-state index < -0.39 is 0 Å². The van der Waals surface area contributed by atoms with E-state index in [9.17, 15) is 0 Å². The molecule has 1 unspecified atom stereocenters. The van der Waals surface area contributed by atoms with Gasteiger partial charge in [-0.25, -0.2) is 0 Å². The van der Waals surface area contributed by atoms with Gasteiger partial charge in [-0.2, -0.15) is 0 Å². The van der Waals surface area contributed by atoms with E-state index in [1.807, 2.05) is 11.8 Å². The van der Waals surface area contributed by atoms with E-state index >= 15 is 0 Å². The van der Waals surface area contributed by atoms with Crippen molar-refractivity contribution in [3.05, 3.63) is 24.3 Å². The number of ether oxygens (including phenoxy) is 1. The number of thioether (sulfide) groups is 1. The zero-order valence-electron chi connectivity index (χ0n) is 9.74. The van der Waals surface area contributed by atoms with E-state index in [4.69, 9.17) is 4.74 Å². The molecule has 0 aliphatic carbocycles. The number of hydrogen-bond acceptors (Lipinski definition) is 3. The highest BCUT2D eigenvalue weighted by atomic mass is 32.2. The van der Waals surface area contributed by atoms with Crippen molar-refractivity contribution in [3.63, 3.8) is 0 Å². The molecule has 2 nitrogen and oxygen atoms in total. The Morgan fingerprint density at radius 3 is 3.19 bits per heavy atom. The normalized spacial score (nSPS) is 20.7. The van der Waals surface area contributed by atoms with Gasteiger partial charge in [0.05, 0.1) is 6.61 Å². The highest BCUT2D eigenvalue weighted by Crippen LogP contribution is 2.22. The van der Waals surface area contributed by atoms with Gasteiger partial charge in [0.15, 0.2) is 0 Å². The Morgan fingerprint density at radius 1 is 1.50 bits per heavy atom. The minimum atomic E-state index is 0.482. The van der Waals surface area contributed by atoms with Crippen molar-refractivity contribution < 1.29 is 4.74 Å². The second kappa shape index (κ2) is 6.16. The topological polar surface area (TPSA) is 21.3 Å². The molecule has 0 aromatic heterocycles. The quantitative estimate of drug-likeness (QED) is 0.811. The molecule has 16 heavy (non-hydrogen) atoms. The van der Waals surface area contributed by atoms with Crippen molar-refractivity contribution in [3.8, 4) is 0 Å². The summed E-state index contributed by atoms with van der Waals surface area (Å²) in [6.07, 6.45) is 2.38. The van der Waals surface area contributed by atoms with Gasteiger partial charge in [0, 0.05) is 23.2 Å². The van der Waals surface area contributed by atoms with E-state index in [-0.39, 0.29) is 0 Å². The molecule has 1 aromatic rings. The van der Waals surface area contributed by atoms with Crippen LogP contribution in [-0.2, 0) is 4.74 Å². The molecule has 1 fully saturated rings. The van der Waals surface area contributed by atoms with E-state index in [1.54, 1.807) is 0 Å². The molecule has 0 radical (unpaired) electrons.